The Bertz CT molecular complexity index is 2050. The molecular weight excluding hydrogens is 627 g/mol. The number of benzene rings is 6. The van der Waals surface area contributed by atoms with Crippen LogP contribution in [0.1, 0.15) is 41.1 Å². The first-order valence-electron chi connectivity index (χ1n) is 18.2. The van der Waals surface area contributed by atoms with Gasteiger partial charge in [0.2, 0.25) is 0 Å². The van der Waals surface area contributed by atoms with Gasteiger partial charge in [-0.15, -0.1) is 0 Å². The van der Waals surface area contributed by atoms with Crippen molar-refractivity contribution >= 4 is 28.4 Å². The summed E-state index contributed by atoms with van der Waals surface area (Å²) in [6.45, 7) is 3.49. The Morgan fingerprint density at radius 1 is 0.549 bits per heavy atom. The number of rotatable bonds is 7. The largest absolute Gasteiger partial charge is 0.622 e. The smallest absolute Gasteiger partial charge is 0.142 e. The van der Waals surface area contributed by atoms with E-state index in [1.807, 2.05) is 12.1 Å². The number of nitrogens with zero attached hydrogens (tertiary/aromatic N) is 2. The van der Waals surface area contributed by atoms with E-state index < -0.39 is 4.65 Å². The quantitative estimate of drug-likeness (QED) is 0.117. The van der Waals surface area contributed by atoms with Crippen LogP contribution in [0.25, 0.3) is 11.1 Å². The summed E-state index contributed by atoms with van der Waals surface area (Å²) < 4.78 is -0.416. The maximum atomic E-state index is 15.4. The first-order valence-corrected chi connectivity index (χ1v) is 18.2. The van der Waals surface area contributed by atoms with Gasteiger partial charge in [0.25, 0.3) is 0 Å². The number of anilines is 3. The molecule has 0 bridgehead atoms. The molecule has 6 heteroatoms. The van der Waals surface area contributed by atoms with Gasteiger partial charge in [0, 0.05) is 85.5 Å². The predicted octanol–water partition coefficient (Wildman–Crippen LogP) is 9.39. The molecule has 6 aromatic rings. The average Bonchev–Trinajstić information content (AvgIpc) is 3.47. The number of para-hydroxylation sites is 2. The highest BCUT2D eigenvalue weighted by atomic mass is 16.6. The first kappa shape index (κ1) is 31.9. The standard InChI is InChI=1S/C45H43N5O/c51-50(39-23-20-33(21-24-39)32-16-18-35(19-17-32)43-31-47-30-42(48-43)34-10-4-1-5-11-34)44-25-22-38(28-40(44)41-29-46-27-26-45(41)50)49(36-12-6-2-7-13-36)37-14-8-3-9-15-37/h1-25,28,41-43,45-48H,26-27,29-31H2. The molecule has 2 saturated heterocycles. The number of piperazine rings is 1. The van der Waals surface area contributed by atoms with E-state index in [-0.39, 0.29) is 24.0 Å². The molecule has 2 fully saturated rings. The summed E-state index contributed by atoms with van der Waals surface area (Å²) in [4.78, 5) is 2.28. The highest BCUT2D eigenvalue weighted by molar-refractivity contribution is 5.81. The predicted molar refractivity (Wildman–Crippen MR) is 210 cm³/mol. The summed E-state index contributed by atoms with van der Waals surface area (Å²) in [5, 5.41) is 26.4. The summed E-state index contributed by atoms with van der Waals surface area (Å²) in [6, 6.07) is 55.8. The summed E-state index contributed by atoms with van der Waals surface area (Å²) in [7, 11) is 0. The van der Waals surface area contributed by atoms with Crippen LogP contribution >= 0.6 is 0 Å². The zero-order valence-electron chi connectivity index (χ0n) is 28.7. The number of quaternary nitrogens is 1. The van der Waals surface area contributed by atoms with Crippen LogP contribution in [0.3, 0.4) is 0 Å². The lowest BCUT2D eigenvalue weighted by Gasteiger charge is -2.46. The second-order valence-corrected chi connectivity index (χ2v) is 14.1. The van der Waals surface area contributed by atoms with Gasteiger partial charge >= 0.3 is 0 Å². The summed E-state index contributed by atoms with van der Waals surface area (Å²) >= 11 is 0. The molecule has 3 aliphatic rings. The molecule has 0 saturated carbocycles. The van der Waals surface area contributed by atoms with Crippen LogP contribution in [0.15, 0.2) is 158 Å². The fourth-order valence-electron chi connectivity index (χ4n) is 8.62. The molecule has 0 spiro atoms. The maximum absolute atomic E-state index is 15.4. The Morgan fingerprint density at radius 3 is 1.75 bits per heavy atom. The number of fused-ring (bicyclic) bond motifs is 3. The van der Waals surface area contributed by atoms with Gasteiger partial charge in [-0.25, -0.2) is 0 Å². The Balaban J connectivity index is 1.00. The lowest BCUT2D eigenvalue weighted by molar-refractivity contribution is 0.291. The number of hydrogen-bond acceptors (Lipinski definition) is 5. The van der Waals surface area contributed by atoms with Crippen molar-refractivity contribution < 1.29 is 0 Å². The van der Waals surface area contributed by atoms with Crippen LogP contribution in [-0.4, -0.2) is 32.2 Å². The summed E-state index contributed by atoms with van der Waals surface area (Å²) in [5.74, 6) is 0.135. The van der Waals surface area contributed by atoms with E-state index in [1.54, 1.807) is 0 Å². The maximum Gasteiger partial charge on any atom is 0.142 e. The van der Waals surface area contributed by atoms with Gasteiger partial charge in [-0.3, -0.25) is 4.65 Å². The van der Waals surface area contributed by atoms with Crippen LogP contribution < -0.4 is 25.5 Å². The molecular formula is C45H43N5O. The minimum Gasteiger partial charge on any atom is -0.622 e. The van der Waals surface area contributed by atoms with Crippen molar-refractivity contribution in [2.24, 2.45) is 0 Å². The SMILES string of the molecule is [O-][N+]1(c2ccc(-c3ccc(C4CNCC(c5ccccc5)N4)cc3)cc2)c2ccc(N(c3ccccc3)c3ccccc3)cc2C2CNCCC21. The van der Waals surface area contributed by atoms with Crippen LogP contribution in [-0.2, 0) is 0 Å². The third kappa shape index (κ3) is 5.85. The van der Waals surface area contributed by atoms with Crippen LogP contribution in [0, 0.1) is 5.21 Å². The van der Waals surface area contributed by atoms with Crippen molar-refractivity contribution in [3.8, 4) is 11.1 Å². The molecule has 0 aliphatic carbocycles. The molecule has 3 aliphatic heterocycles. The van der Waals surface area contributed by atoms with Crippen molar-refractivity contribution in [1.29, 1.82) is 0 Å². The normalized spacial score (nSPS) is 24.0. The zero-order chi connectivity index (χ0) is 34.2. The first-order chi connectivity index (χ1) is 25.2. The van der Waals surface area contributed by atoms with Gasteiger partial charge in [-0.2, -0.15) is 0 Å². The second kappa shape index (κ2) is 13.6. The topological polar surface area (TPSA) is 62.4 Å². The van der Waals surface area contributed by atoms with Gasteiger partial charge in [-0.1, -0.05) is 91.0 Å². The lowest BCUT2D eigenvalue weighted by atomic mass is 9.89. The molecule has 9 rings (SSSR count). The lowest BCUT2D eigenvalue weighted by Crippen LogP contribution is -2.51. The van der Waals surface area contributed by atoms with Gasteiger partial charge in [0.1, 0.15) is 17.4 Å². The summed E-state index contributed by atoms with van der Waals surface area (Å²) in [6.07, 6.45) is 0.831. The molecule has 5 atom stereocenters. The number of piperidine rings is 1. The van der Waals surface area contributed by atoms with Gasteiger partial charge < -0.3 is 26.1 Å². The van der Waals surface area contributed by atoms with E-state index in [2.05, 4.69) is 166 Å². The third-order valence-corrected chi connectivity index (χ3v) is 11.2. The fourth-order valence-corrected chi connectivity index (χ4v) is 8.62. The molecule has 6 nitrogen and oxygen atoms in total. The molecule has 5 unspecified atom stereocenters. The summed E-state index contributed by atoms with van der Waals surface area (Å²) in [5.41, 5.74) is 10.9. The van der Waals surface area contributed by atoms with E-state index >= 15 is 5.21 Å². The average molecular weight is 670 g/mol. The van der Waals surface area contributed by atoms with Crippen molar-refractivity contribution in [2.45, 2.75) is 30.5 Å². The highest BCUT2D eigenvalue weighted by Crippen LogP contribution is 2.54. The highest BCUT2D eigenvalue weighted by Gasteiger charge is 2.50. The van der Waals surface area contributed by atoms with Gasteiger partial charge in [0.05, 0.1) is 5.92 Å². The third-order valence-electron chi connectivity index (χ3n) is 11.2. The number of hydrogen-bond donors (Lipinski definition) is 3. The van der Waals surface area contributed by atoms with Crippen LogP contribution in [0.4, 0.5) is 28.4 Å². The van der Waals surface area contributed by atoms with Crippen molar-refractivity contribution in [3.05, 3.63) is 180 Å². The molecule has 51 heavy (non-hydrogen) atoms. The molecule has 3 heterocycles. The zero-order valence-corrected chi connectivity index (χ0v) is 28.7. The van der Waals surface area contributed by atoms with Crippen LogP contribution in [0.2, 0.25) is 0 Å². The van der Waals surface area contributed by atoms with Crippen LogP contribution in [0.5, 0.6) is 0 Å². The van der Waals surface area contributed by atoms with E-state index in [9.17, 15) is 0 Å². The molecule has 6 aromatic carbocycles. The molecule has 3 N–H and O–H groups in total. The molecule has 0 radical (unpaired) electrons. The second-order valence-electron chi connectivity index (χ2n) is 14.1. The van der Waals surface area contributed by atoms with Crippen molar-refractivity contribution in [1.82, 2.24) is 20.6 Å². The Labute approximate surface area is 300 Å². The monoisotopic (exact) mass is 669 g/mol. The van der Waals surface area contributed by atoms with Crippen molar-refractivity contribution in [2.75, 3.05) is 31.1 Å². The van der Waals surface area contributed by atoms with E-state index in [1.165, 1.54) is 11.1 Å². The minimum absolute atomic E-state index is 0.0696. The number of nitrogens with one attached hydrogen (secondary N) is 3. The van der Waals surface area contributed by atoms with Crippen molar-refractivity contribution in [3.63, 3.8) is 0 Å². The van der Waals surface area contributed by atoms with Gasteiger partial charge in [0.15, 0.2) is 0 Å². The minimum atomic E-state index is -0.416. The van der Waals surface area contributed by atoms with E-state index in [0.717, 1.165) is 77.7 Å². The Morgan fingerprint density at radius 2 is 1.12 bits per heavy atom. The molecule has 0 amide bonds. The number of hydroxylamine groups is 1. The molecule has 0 aromatic heterocycles. The fraction of sp³-hybridized carbons (Fsp3) is 0.200. The molecule has 254 valence electrons. The van der Waals surface area contributed by atoms with E-state index in [0.29, 0.717) is 0 Å². The Kier molecular flexibility index (Phi) is 8.48. The Hall–Kier alpha value is -5.08. The van der Waals surface area contributed by atoms with E-state index in [4.69, 9.17) is 0 Å². The van der Waals surface area contributed by atoms with Gasteiger partial charge in [-0.05, 0) is 70.8 Å².